The number of hydrogen-bond acceptors (Lipinski definition) is 4. The van der Waals surface area contributed by atoms with Gasteiger partial charge in [-0.2, -0.15) is 0 Å². The van der Waals surface area contributed by atoms with Crippen molar-refractivity contribution in [1.29, 1.82) is 0 Å². The van der Waals surface area contributed by atoms with Crippen LogP contribution < -0.4 is 5.56 Å². The predicted molar refractivity (Wildman–Crippen MR) is 96.8 cm³/mol. The quantitative estimate of drug-likeness (QED) is 0.670. The number of para-hydroxylation sites is 1. The molecule has 0 fully saturated rings. The van der Waals surface area contributed by atoms with Crippen molar-refractivity contribution < 1.29 is 9.53 Å². The van der Waals surface area contributed by atoms with Gasteiger partial charge in [0.2, 0.25) is 0 Å². The zero-order chi connectivity index (χ0) is 17.8. The molecule has 0 aliphatic rings. The first-order chi connectivity index (χ1) is 12.1. The van der Waals surface area contributed by atoms with Crippen LogP contribution in [0.5, 0.6) is 0 Å². The van der Waals surface area contributed by atoms with Crippen LogP contribution in [0.3, 0.4) is 0 Å². The maximum absolute atomic E-state index is 12.4. The second-order valence-electron chi connectivity index (χ2n) is 6.17. The fraction of sp³-hybridized carbons (Fsp3) is 0.250. The van der Waals surface area contributed by atoms with Crippen molar-refractivity contribution in [3.05, 3.63) is 76.3 Å². The van der Waals surface area contributed by atoms with Crippen molar-refractivity contribution in [2.45, 2.75) is 26.3 Å². The minimum absolute atomic E-state index is 0.116. The highest BCUT2D eigenvalue weighted by molar-refractivity contribution is 5.89. The normalized spacial score (nSPS) is 11.0. The van der Waals surface area contributed by atoms with Crippen LogP contribution in [-0.2, 0) is 11.3 Å². The molecule has 0 radical (unpaired) electrons. The zero-order valence-electron chi connectivity index (χ0n) is 14.3. The van der Waals surface area contributed by atoms with Crippen LogP contribution in [0.15, 0.2) is 59.7 Å². The molecule has 2 aromatic carbocycles. The fourth-order valence-corrected chi connectivity index (χ4v) is 2.59. The summed E-state index contributed by atoms with van der Waals surface area (Å²) >= 11 is 0. The molecule has 0 aliphatic heterocycles. The second kappa shape index (κ2) is 7.30. The number of fused-ring (bicyclic) bond motifs is 1. The number of hydrogen-bond donors (Lipinski definition) is 0. The van der Waals surface area contributed by atoms with Gasteiger partial charge in [-0.3, -0.25) is 9.36 Å². The standard InChI is InChI=1S/C20H20N2O3/c1-14(2)15-7-9-16(10-8-15)20(24)25-12-11-22-13-21-18-6-4-3-5-17(18)19(22)23/h3-10,13-14H,11-12H2,1-2H3. The summed E-state index contributed by atoms with van der Waals surface area (Å²) in [6, 6.07) is 14.6. The molecule has 0 atom stereocenters. The molecule has 128 valence electrons. The summed E-state index contributed by atoms with van der Waals surface area (Å²) in [5.41, 5.74) is 2.20. The van der Waals surface area contributed by atoms with Gasteiger partial charge in [0.25, 0.3) is 5.56 Å². The average Bonchev–Trinajstić information content (AvgIpc) is 2.64. The Kier molecular flexibility index (Phi) is 4.93. The van der Waals surface area contributed by atoms with Gasteiger partial charge in [0, 0.05) is 0 Å². The Balaban J connectivity index is 1.63. The van der Waals surface area contributed by atoms with E-state index in [0.717, 1.165) is 0 Å². The summed E-state index contributed by atoms with van der Waals surface area (Å²) in [7, 11) is 0. The molecule has 0 N–H and O–H groups in total. The Bertz CT molecular complexity index is 943. The van der Waals surface area contributed by atoms with Crippen molar-refractivity contribution in [2.75, 3.05) is 6.61 Å². The molecular formula is C20H20N2O3. The molecule has 0 saturated carbocycles. The summed E-state index contributed by atoms with van der Waals surface area (Å²) in [6.45, 7) is 4.59. The number of benzene rings is 2. The molecule has 5 heteroatoms. The van der Waals surface area contributed by atoms with E-state index in [0.29, 0.717) is 22.4 Å². The van der Waals surface area contributed by atoms with Gasteiger partial charge in [0.15, 0.2) is 0 Å². The first-order valence-electron chi connectivity index (χ1n) is 8.27. The molecule has 0 aliphatic carbocycles. The molecule has 3 aromatic rings. The first-order valence-corrected chi connectivity index (χ1v) is 8.27. The maximum atomic E-state index is 12.4. The van der Waals surface area contributed by atoms with Gasteiger partial charge in [0.05, 0.1) is 29.3 Å². The highest BCUT2D eigenvalue weighted by Gasteiger charge is 2.09. The third kappa shape index (κ3) is 3.76. The van der Waals surface area contributed by atoms with Gasteiger partial charge in [-0.25, -0.2) is 9.78 Å². The number of nitrogens with zero attached hydrogens (tertiary/aromatic N) is 2. The molecule has 0 unspecified atom stereocenters. The van der Waals surface area contributed by atoms with E-state index in [-0.39, 0.29) is 18.7 Å². The molecule has 1 heterocycles. The summed E-state index contributed by atoms with van der Waals surface area (Å²) in [6.07, 6.45) is 1.48. The summed E-state index contributed by atoms with van der Waals surface area (Å²) < 4.78 is 6.73. The largest absolute Gasteiger partial charge is 0.460 e. The van der Waals surface area contributed by atoms with Crippen LogP contribution in [0, 0.1) is 0 Å². The molecule has 0 saturated heterocycles. The van der Waals surface area contributed by atoms with Gasteiger partial charge in [-0.15, -0.1) is 0 Å². The third-order valence-electron chi connectivity index (χ3n) is 4.11. The molecule has 5 nitrogen and oxygen atoms in total. The lowest BCUT2D eigenvalue weighted by Gasteiger charge is -2.09. The minimum atomic E-state index is -0.392. The van der Waals surface area contributed by atoms with E-state index >= 15 is 0 Å². The number of ether oxygens (including phenoxy) is 1. The topological polar surface area (TPSA) is 61.2 Å². The molecular weight excluding hydrogens is 316 g/mol. The lowest BCUT2D eigenvalue weighted by Crippen LogP contribution is -2.23. The van der Waals surface area contributed by atoms with Crippen molar-refractivity contribution in [2.24, 2.45) is 0 Å². The molecule has 0 spiro atoms. The summed E-state index contributed by atoms with van der Waals surface area (Å²) in [4.78, 5) is 28.7. The smallest absolute Gasteiger partial charge is 0.338 e. The van der Waals surface area contributed by atoms with Crippen LogP contribution in [0.4, 0.5) is 0 Å². The van der Waals surface area contributed by atoms with Crippen LogP contribution in [-0.4, -0.2) is 22.1 Å². The monoisotopic (exact) mass is 336 g/mol. The Hall–Kier alpha value is -2.95. The SMILES string of the molecule is CC(C)c1ccc(C(=O)OCCn2cnc3ccccc3c2=O)cc1. The summed E-state index contributed by atoms with van der Waals surface area (Å²) in [5.74, 6) is 0.0226. The molecule has 0 bridgehead atoms. The number of aromatic nitrogens is 2. The van der Waals surface area contributed by atoms with Crippen LogP contribution in [0.1, 0.15) is 35.7 Å². The van der Waals surface area contributed by atoms with Crippen LogP contribution in [0.2, 0.25) is 0 Å². The first kappa shape index (κ1) is 16.9. The van der Waals surface area contributed by atoms with Crippen molar-refractivity contribution in [3.8, 4) is 0 Å². The lowest BCUT2D eigenvalue weighted by atomic mass is 10.0. The highest BCUT2D eigenvalue weighted by atomic mass is 16.5. The van der Waals surface area contributed by atoms with Crippen LogP contribution in [0.25, 0.3) is 10.9 Å². The molecule has 0 amide bonds. The number of esters is 1. The van der Waals surface area contributed by atoms with E-state index in [1.807, 2.05) is 18.2 Å². The van der Waals surface area contributed by atoms with Crippen molar-refractivity contribution in [3.63, 3.8) is 0 Å². The van der Waals surface area contributed by atoms with E-state index in [2.05, 4.69) is 18.8 Å². The van der Waals surface area contributed by atoms with Gasteiger partial charge >= 0.3 is 5.97 Å². The van der Waals surface area contributed by atoms with E-state index in [4.69, 9.17) is 4.74 Å². The van der Waals surface area contributed by atoms with E-state index in [9.17, 15) is 9.59 Å². The van der Waals surface area contributed by atoms with E-state index in [1.165, 1.54) is 16.5 Å². The maximum Gasteiger partial charge on any atom is 0.338 e. The number of carbonyl (C=O) groups excluding carboxylic acids is 1. The van der Waals surface area contributed by atoms with Crippen LogP contribution >= 0.6 is 0 Å². The molecule has 25 heavy (non-hydrogen) atoms. The third-order valence-corrected chi connectivity index (χ3v) is 4.11. The Morgan fingerprint density at radius 1 is 1.12 bits per heavy atom. The Labute approximate surface area is 145 Å². The fourth-order valence-electron chi connectivity index (χ4n) is 2.59. The number of carbonyl (C=O) groups is 1. The molecule has 3 rings (SSSR count). The van der Waals surface area contributed by atoms with Gasteiger partial charge in [-0.1, -0.05) is 38.1 Å². The highest BCUT2D eigenvalue weighted by Crippen LogP contribution is 2.15. The zero-order valence-corrected chi connectivity index (χ0v) is 14.3. The van der Waals surface area contributed by atoms with Gasteiger partial charge < -0.3 is 4.74 Å². The van der Waals surface area contributed by atoms with E-state index in [1.54, 1.807) is 30.3 Å². The number of rotatable bonds is 5. The lowest BCUT2D eigenvalue weighted by molar-refractivity contribution is 0.0490. The summed E-state index contributed by atoms with van der Waals surface area (Å²) in [5, 5.41) is 0.556. The second-order valence-corrected chi connectivity index (χ2v) is 6.17. The predicted octanol–water partition coefficient (Wildman–Crippen LogP) is 3.38. The van der Waals surface area contributed by atoms with Gasteiger partial charge in [0.1, 0.15) is 6.61 Å². The van der Waals surface area contributed by atoms with Crippen molar-refractivity contribution >= 4 is 16.9 Å². The Morgan fingerprint density at radius 2 is 1.84 bits per heavy atom. The van der Waals surface area contributed by atoms with Crippen molar-refractivity contribution in [1.82, 2.24) is 9.55 Å². The Morgan fingerprint density at radius 3 is 2.56 bits per heavy atom. The minimum Gasteiger partial charge on any atom is -0.460 e. The average molecular weight is 336 g/mol. The van der Waals surface area contributed by atoms with E-state index < -0.39 is 5.97 Å². The van der Waals surface area contributed by atoms with Gasteiger partial charge in [-0.05, 0) is 35.7 Å². The molecule has 1 aromatic heterocycles.